The van der Waals surface area contributed by atoms with Gasteiger partial charge in [0, 0.05) is 49.9 Å². The average Bonchev–Trinajstić information content (AvgIpc) is 3.01. The lowest BCUT2D eigenvalue weighted by Gasteiger charge is -2.24. The van der Waals surface area contributed by atoms with Crippen LogP contribution in [0.25, 0.3) is 0 Å². The molecule has 2 fully saturated rings. The van der Waals surface area contributed by atoms with Gasteiger partial charge >= 0.3 is 0 Å². The van der Waals surface area contributed by atoms with Gasteiger partial charge in [-0.15, -0.1) is 0 Å². The van der Waals surface area contributed by atoms with Crippen molar-refractivity contribution in [3.63, 3.8) is 0 Å². The predicted octanol–water partition coefficient (Wildman–Crippen LogP) is 2.91. The lowest BCUT2D eigenvalue weighted by atomic mass is 10.2. The van der Waals surface area contributed by atoms with Crippen LogP contribution in [0.15, 0.2) is 12.1 Å². The van der Waals surface area contributed by atoms with E-state index in [2.05, 4.69) is 4.90 Å². The summed E-state index contributed by atoms with van der Waals surface area (Å²) < 4.78 is 5.51. The first kappa shape index (κ1) is 17.8. The first-order valence-corrected chi connectivity index (χ1v) is 9.10. The number of phenolic OH excluding ortho intramolecular Hbond substituents is 1. The van der Waals surface area contributed by atoms with Crippen LogP contribution in [-0.4, -0.2) is 59.7 Å². The van der Waals surface area contributed by atoms with Gasteiger partial charge in [0.15, 0.2) is 0 Å². The second kappa shape index (κ2) is 7.91. The van der Waals surface area contributed by atoms with Gasteiger partial charge in [-0.1, -0.05) is 23.2 Å². The first-order chi connectivity index (χ1) is 11.6. The molecule has 1 amide bonds. The monoisotopic (exact) mass is 372 g/mol. The third kappa shape index (κ3) is 3.97. The summed E-state index contributed by atoms with van der Waals surface area (Å²) in [5, 5.41) is 10.6. The summed E-state index contributed by atoms with van der Waals surface area (Å²) in [6, 6.07) is 3.15. The molecule has 2 saturated heterocycles. The van der Waals surface area contributed by atoms with E-state index < -0.39 is 0 Å². The van der Waals surface area contributed by atoms with E-state index in [1.807, 2.05) is 4.90 Å². The molecular weight excluding hydrogens is 351 g/mol. The zero-order valence-corrected chi connectivity index (χ0v) is 15.0. The van der Waals surface area contributed by atoms with Crippen LogP contribution in [0.4, 0.5) is 0 Å². The number of halogens is 2. The van der Waals surface area contributed by atoms with Crippen LogP contribution in [0.1, 0.15) is 24.8 Å². The number of ether oxygens (including phenoxy) is 1. The second-order valence-electron chi connectivity index (χ2n) is 6.32. The van der Waals surface area contributed by atoms with Crippen LogP contribution in [-0.2, 0) is 16.1 Å². The maximum absolute atomic E-state index is 12.5. The molecule has 1 N–H and O–H groups in total. The van der Waals surface area contributed by atoms with Crippen molar-refractivity contribution in [3.8, 4) is 5.75 Å². The number of carbonyl (C=O) groups is 1. The number of nitrogens with zero attached hydrogens (tertiary/aromatic N) is 2. The minimum Gasteiger partial charge on any atom is -0.506 e. The molecule has 0 aromatic heterocycles. The molecule has 0 unspecified atom stereocenters. The van der Waals surface area contributed by atoms with Gasteiger partial charge in [0.05, 0.1) is 5.02 Å². The minimum atomic E-state index is -0.258. The van der Waals surface area contributed by atoms with E-state index in [0.717, 1.165) is 44.5 Å². The molecule has 7 heteroatoms. The van der Waals surface area contributed by atoms with Crippen molar-refractivity contribution < 1.29 is 14.6 Å². The molecular formula is C17H22Cl2N2O3. The van der Waals surface area contributed by atoms with Crippen LogP contribution in [0.2, 0.25) is 10.0 Å². The molecule has 0 bridgehead atoms. The van der Waals surface area contributed by atoms with E-state index >= 15 is 0 Å². The molecule has 0 radical (unpaired) electrons. The zero-order valence-electron chi connectivity index (χ0n) is 13.5. The Hall–Kier alpha value is -1.01. The standard InChI is InChI=1S/C17H22Cl2N2O3/c18-13-4-5-14(22)16(19)12(13)11-20-6-2-7-21(9-8-20)17(23)15-3-1-10-24-15/h4-5,15,22H,1-3,6-11H2/t15-/m0/s1. The summed E-state index contributed by atoms with van der Waals surface area (Å²) in [4.78, 5) is 16.6. The molecule has 2 aliphatic heterocycles. The van der Waals surface area contributed by atoms with Crippen molar-refractivity contribution in [2.24, 2.45) is 0 Å². The van der Waals surface area contributed by atoms with Crippen molar-refractivity contribution in [1.82, 2.24) is 9.80 Å². The maximum atomic E-state index is 12.5. The van der Waals surface area contributed by atoms with Crippen LogP contribution in [0, 0.1) is 0 Å². The number of rotatable bonds is 3. The Labute approximate surface area is 152 Å². The third-order valence-corrected chi connectivity index (χ3v) is 5.43. The summed E-state index contributed by atoms with van der Waals surface area (Å²) in [5.74, 6) is 0.156. The van der Waals surface area contributed by atoms with E-state index in [0.29, 0.717) is 29.7 Å². The Morgan fingerprint density at radius 2 is 2.04 bits per heavy atom. The van der Waals surface area contributed by atoms with E-state index in [4.69, 9.17) is 27.9 Å². The van der Waals surface area contributed by atoms with Gasteiger partial charge in [0.2, 0.25) is 0 Å². The number of hydrogen-bond acceptors (Lipinski definition) is 4. The molecule has 0 aliphatic carbocycles. The Morgan fingerprint density at radius 3 is 2.79 bits per heavy atom. The van der Waals surface area contributed by atoms with E-state index in [9.17, 15) is 9.90 Å². The maximum Gasteiger partial charge on any atom is 0.251 e. The molecule has 2 heterocycles. The number of benzene rings is 1. The Balaban J connectivity index is 1.62. The van der Waals surface area contributed by atoms with Crippen molar-refractivity contribution in [1.29, 1.82) is 0 Å². The first-order valence-electron chi connectivity index (χ1n) is 8.35. The van der Waals surface area contributed by atoms with Crippen LogP contribution >= 0.6 is 23.2 Å². The Bertz CT molecular complexity index is 606. The molecule has 1 atom stereocenters. The summed E-state index contributed by atoms with van der Waals surface area (Å²) in [5.41, 5.74) is 0.734. The van der Waals surface area contributed by atoms with Gasteiger partial charge < -0.3 is 14.7 Å². The highest BCUT2D eigenvalue weighted by Gasteiger charge is 2.29. The van der Waals surface area contributed by atoms with Gasteiger partial charge in [-0.05, 0) is 31.4 Å². The highest BCUT2D eigenvalue weighted by Crippen LogP contribution is 2.33. The number of amides is 1. The van der Waals surface area contributed by atoms with Crippen LogP contribution in [0.5, 0.6) is 5.75 Å². The smallest absolute Gasteiger partial charge is 0.251 e. The SMILES string of the molecule is O=C([C@@H]1CCCO1)N1CCCN(Cc2c(Cl)ccc(O)c2Cl)CC1. The van der Waals surface area contributed by atoms with Gasteiger partial charge in [-0.3, -0.25) is 9.69 Å². The summed E-state index contributed by atoms with van der Waals surface area (Å²) in [7, 11) is 0. The topological polar surface area (TPSA) is 53.0 Å². The molecule has 132 valence electrons. The fraction of sp³-hybridized carbons (Fsp3) is 0.588. The Kier molecular flexibility index (Phi) is 5.87. The highest BCUT2D eigenvalue weighted by atomic mass is 35.5. The molecule has 3 rings (SSSR count). The van der Waals surface area contributed by atoms with Crippen molar-refractivity contribution in [2.75, 3.05) is 32.8 Å². The number of aromatic hydroxyl groups is 1. The fourth-order valence-electron chi connectivity index (χ4n) is 3.28. The molecule has 24 heavy (non-hydrogen) atoms. The summed E-state index contributed by atoms with van der Waals surface area (Å²) >= 11 is 12.4. The van der Waals surface area contributed by atoms with Crippen molar-refractivity contribution >= 4 is 29.1 Å². The lowest BCUT2D eigenvalue weighted by Crippen LogP contribution is -2.41. The summed E-state index contributed by atoms with van der Waals surface area (Å²) in [6.07, 6.45) is 2.43. The fourth-order valence-corrected chi connectivity index (χ4v) is 3.77. The number of hydrogen-bond donors (Lipinski definition) is 1. The molecule has 0 spiro atoms. The van der Waals surface area contributed by atoms with Gasteiger partial charge in [-0.2, -0.15) is 0 Å². The van der Waals surface area contributed by atoms with Crippen molar-refractivity contribution in [3.05, 3.63) is 27.7 Å². The highest BCUT2D eigenvalue weighted by molar-refractivity contribution is 6.36. The van der Waals surface area contributed by atoms with Gasteiger partial charge in [0.1, 0.15) is 11.9 Å². The van der Waals surface area contributed by atoms with Crippen molar-refractivity contribution in [2.45, 2.75) is 31.9 Å². The second-order valence-corrected chi connectivity index (χ2v) is 7.10. The third-order valence-electron chi connectivity index (χ3n) is 4.65. The predicted molar refractivity (Wildman–Crippen MR) is 93.6 cm³/mol. The normalized spacial score (nSPS) is 22.6. The lowest BCUT2D eigenvalue weighted by molar-refractivity contribution is -0.140. The molecule has 0 saturated carbocycles. The zero-order chi connectivity index (χ0) is 17.1. The van der Waals surface area contributed by atoms with Gasteiger partial charge in [0.25, 0.3) is 5.91 Å². The number of carbonyl (C=O) groups excluding carboxylic acids is 1. The average molecular weight is 373 g/mol. The van der Waals surface area contributed by atoms with Gasteiger partial charge in [-0.25, -0.2) is 0 Å². The summed E-state index contributed by atoms with van der Waals surface area (Å²) in [6.45, 7) is 4.28. The largest absolute Gasteiger partial charge is 0.506 e. The van der Waals surface area contributed by atoms with E-state index in [1.54, 1.807) is 6.07 Å². The molecule has 1 aromatic rings. The molecule has 2 aliphatic rings. The quantitative estimate of drug-likeness (QED) is 0.885. The number of phenols is 1. The van der Waals surface area contributed by atoms with Crippen LogP contribution in [0.3, 0.4) is 0 Å². The Morgan fingerprint density at radius 1 is 1.21 bits per heavy atom. The molecule has 5 nitrogen and oxygen atoms in total. The van der Waals surface area contributed by atoms with E-state index in [1.165, 1.54) is 6.07 Å². The molecule has 1 aromatic carbocycles. The van der Waals surface area contributed by atoms with E-state index in [-0.39, 0.29) is 17.8 Å². The van der Waals surface area contributed by atoms with Crippen LogP contribution < -0.4 is 0 Å². The minimum absolute atomic E-state index is 0.0427.